The van der Waals surface area contributed by atoms with E-state index < -0.39 is 28.1 Å². The van der Waals surface area contributed by atoms with E-state index >= 15 is 0 Å². The van der Waals surface area contributed by atoms with Crippen molar-refractivity contribution in [2.24, 2.45) is 5.92 Å². The van der Waals surface area contributed by atoms with Crippen LogP contribution in [0.4, 0.5) is 10.5 Å². The van der Waals surface area contributed by atoms with Crippen LogP contribution in [0.2, 0.25) is 0 Å². The molecular weight excluding hydrogens is 524 g/mol. The van der Waals surface area contributed by atoms with Crippen molar-refractivity contribution in [3.63, 3.8) is 0 Å². The smallest absolute Gasteiger partial charge is 0.317 e. The van der Waals surface area contributed by atoms with Crippen molar-refractivity contribution in [2.75, 3.05) is 38.6 Å². The molecule has 3 N–H and O–H groups in total. The number of rotatable bonds is 9. The van der Waals surface area contributed by atoms with Crippen LogP contribution in [0.25, 0.3) is 0 Å². The van der Waals surface area contributed by atoms with E-state index in [1.54, 1.807) is 37.1 Å². The molecule has 0 fully saturated rings. The number of fused-ring (bicyclic) bond motifs is 1. The highest BCUT2D eigenvalue weighted by atomic mass is 32.2. The quantitative estimate of drug-likeness (QED) is 0.427. The Labute approximate surface area is 230 Å². The fourth-order valence-corrected chi connectivity index (χ4v) is 5.23. The van der Waals surface area contributed by atoms with Crippen molar-refractivity contribution >= 4 is 27.6 Å². The van der Waals surface area contributed by atoms with E-state index in [2.05, 4.69) is 10.0 Å². The number of nitrogens with one attached hydrogen (secondary N) is 2. The molecule has 0 bridgehead atoms. The average molecular weight is 563 g/mol. The van der Waals surface area contributed by atoms with Crippen molar-refractivity contribution < 1.29 is 32.6 Å². The molecule has 12 heteroatoms. The molecule has 1 aliphatic heterocycles. The molecule has 1 aliphatic rings. The number of hydrogen-bond acceptors (Lipinski definition) is 7. The van der Waals surface area contributed by atoms with Gasteiger partial charge in [0.2, 0.25) is 0 Å². The molecule has 0 aromatic heterocycles. The Morgan fingerprint density at radius 3 is 2.46 bits per heavy atom. The summed E-state index contributed by atoms with van der Waals surface area (Å²) >= 11 is 0. The third-order valence-corrected chi connectivity index (χ3v) is 7.90. The normalized spacial score (nSPS) is 18.4. The molecule has 0 aliphatic carbocycles. The van der Waals surface area contributed by atoms with Crippen molar-refractivity contribution in [1.29, 1.82) is 0 Å². The number of ether oxygens (including phenoxy) is 2. The Morgan fingerprint density at radius 2 is 1.87 bits per heavy atom. The largest absolute Gasteiger partial charge is 0.497 e. The van der Waals surface area contributed by atoms with Gasteiger partial charge in [0.05, 0.1) is 36.8 Å². The second-order valence-electron chi connectivity index (χ2n) is 10.1. The van der Waals surface area contributed by atoms with Gasteiger partial charge < -0.3 is 29.7 Å². The lowest BCUT2D eigenvalue weighted by Crippen LogP contribution is -2.51. The predicted octanol–water partition coefficient (Wildman–Crippen LogP) is 2.77. The van der Waals surface area contributed by atoms with Crippen LogP contribution in [-0.4, -0.2) is 87.3 Å². The zero-order chi connectivity index (χ0) is 28.9. The third-order valence-electron chi connectivity index (χ3n) is 6.50. The number of aliphatic hydroxyl groups is 1. The van der Waals surface area contributed by atoms with Crippen LogP contribution in [0.5, 0.6) is 11.5 Å². The number of benzene rings is 2. The number of sulfonamides is 1. The minimum atomic E-state index is -3.95. The van der Waals surface area contributed by atoms with Gasteiger partial charge in [-0.3, -0.25) is 9.52 Å². The summed E-state index contributed by atoms with van der Waals surface area (Å²) in [6.07, 6.45) is -0.477. The van der Waals surface area contributed by atoms with Crippen LogP contribution in [0.3, 0.4) is 0 Å². The first-order valence-corrected chi connectivity index (χ1v) is 14.3. The van der Waals surface area contributed by atoms with Gasteiger partial charge in [-0.25, -0.2) is 13.2 Å². The lowest BCUT2D eigenvalue weighted by molar-refractivity contribution is 0.0366. The molecule has 3 unspecified atom stereocenters. The summed E-state index contributed by atoms with van der Waals surface area (Å²) in [5.74, 6) is 0.204. The molecule has 1 heterocycles. The number of anilines is 1. The highest BCUT2D eigenvalue weighted by Gasteiger charge is 2.34. The molecule has 3 rings (SSSR count). The fourth-order valence-electron chi connectivity index (χ4n) is 4.18. The van der Waals surface area contributed by atoms with E-state index in [9.17, 15) is 23.1 Å². The molecule has 0 saturated heterocycles. The van der Waals surface area contributed by atoms with Crippen molar-refractivity contribution in [1.82, 2.24) is 15.1 Å². The predicted molar refractivity (Wildman–Crippen MR) is 148 cm³/mol. The molecule has 3 amide bonds. The molecular formula is C27H38N4O7S. The number of hydrogen-bond donors (Lipinski definition) is 3. The summed E-state index contributed by atoms with van der Waals surface area (Å²) in [4.78, 5) is 29.3. The van der Waals surface area contributed by atoms with Crippen LogP contribution >= 0.6 is 0 Å². The maximum Gasteiger partial charge on any atom is 0.317 e. The highest BCUT2D eigenvalue weighted by molar-refractivity contribution is 7.92. The van der Waals surface area contributed by atoms with Gasteiger partial charge in [-0.15, -0.1) is 0 Å². The maximum absolute atomic E-state index is 13.6. The van der Waals surface area contributed by atoms with Crippen LogP contribution in [0, 0.1) is 5.92 Å². The molecule has 0 spiro atoms. The molecule has 2 aromatic rings. The van der Waals surface area contributed by atoms with E-state index in [0.717, 1.165) is 0 Å². The second kappa shape index (κ2) is 12.6. The summed E-state index contributed by atoms with van der Waals surface area (Å²) in [5, 5.41) is 12.7. The summed E-state index contributed by atoms with van der Waals surface area (Å²) < 4.78 is 39.9. The van der Waals surface area contributed by atoms with Gasteiger partial charge >= 0.3 is 6.03 Å². The zero-order valence-corrected chi connectivity index (χ0v) is 24.0. The van der Waals surface area contributed by atoms with Gasteiger partial charge in [-0.05, 0) is 63.2 Å². The topological polar surface area (TPSA) is 138 Å². The van der Waals surface area contributed by atoms with Gasteiger partial charge in [-0.2, -0.15) is 0 Å². The van der Waals surface area contributed by atoms with Crippen molar-refractivity contribution in [2.45, 2.75) is 50.8 Å². The lowest BCUT2D eigenvalue weighted by Gasteiger charge is -2.38. The van der Waals surface area contributed by atoms with Gasteiger partial charge in [0, 0.05) is 31.2 Å². The minimum Gasteiger partial charge on any atom is -0.497 e. The molecule has 0 radical (unpaired) electrons. The van der Waals surface area contributed by atoms with E-state index in [4.69, 9.17) is 9.47 Å². The van der Waals surface area contributed by atoms with Gasteiger partial charge in [0.15, 0.2) is 0 Å². The number of nitrogens with zero attached hydrogens (tertiary/aromatic N) is 2. The Hall–Kier alpha value is -3.51. The number of carbonyl (C=O) groups is 2. The summed E-state index contributed by atoms with van der Waals surface area (Å²) in [5.41, 5.74) is 0.327. The first kappa shape index (κ1) is 30.0. The summed E-state index contributed by atoms with van der Waals surface area (Å²) in [7, 11) is -0.791. The van der Waals surface area contributed by atoms with Crippen LogP contribution in [-0.2, 0) is 10.0 Å². The Morgan fingerprint density at radius 1 is 1.21 bits per heavy atom. The van der Waals surface area contributed by atoms with Gasteiger partial charge in [-0.1, -0.05) is 6.92 Å². The number of methoxy groups -OCH3 is 1. The molecule has 11 nitrogen and oxygen atoms in total. The van der Waals surface area contributed by atoms with Crippen LogP contribution in [0.1, 0.15) is 38.1 Å². The van der Waals surface area contributed by atoms with Crippen LogP contribution < -0.4 is 19.5 Å². The minimum absolute atomic E-state index is 0.0322. The number of urea groups is 1. The van der Waals surface area contributed by atoms with E-state index in [0.29, 0.717) is 5.75 Å². The molecule has 3 atom stereocenters. The number of aliphatic hydroxyl groups excluding tert-OH is 1. The number of likely N-dealkylation sites (N-methyl/N-ethyl adjacent to an activating group) is 1. The highest BCUT2D eigenvalue weighted by Crippen LogP contribution is 2.31. The Kier molecular flexibility index (Phi) is 9.68. The number of carbonyl (C=O) groups excluding carboxylic acids is 2. The fraction of sp³-hybridized carbons (Fsp3) is 0.481. The Balaban J connectivity index is 1.95. The van der Waals surface area contributed by atoms with Crippen molar-refractivity contribution in [3.05, 3.63) is 48.0 Å². The van der Waals surface area contributed by atoms with E-state index in [-0.39, 0.29) is 59.6 Å². The SMILES string of the molecule is COc1ccc(S(=O)(=O)Nc2ccc3c(c2)C(=O)N(C(C)CO)CC(C)C(CN(C)C(=O)NC(C)C)O3)cc1. The summed E-state index contributed by atoms with van der Waals surface area (Å²) in [6, 6.07) is 9.65. The van der Waals surface area contributed by atoms with Crippen LogP contribution in [0.15, 0.2) is 47.4 Å². The molecule has 0 saturated carbocycles. The van der Waals surface area contributed by atoms with Gasteiger partial charge in [0.25, 0.3) is 15.9 Å². The summed E-state index contributed by atoms with van der Waals surface area (Å²) in [6.45, 7) is 7.67. The Bertz CT molecular complexity index is 1270. The van der Waals surface area contributed by atoms with E-state index in [1.807, 2.05) is 20.8 Å². The molecule has 2 aromatic carbocycles. The van der Waals surface area contributed by atoms with Crippen molar-refractivity contribution in [3.8, 4) is 11.5 Å². The first-order valence-electron chi connectivity index (χ1n) is 12.8. The third kappa shape index (κ3) is 7.33. The maximum atomic E-state index is 13.6. The molecule has 39 heavy (non-hydrogen) atoms. The number of amides is 3. The van der Waals surface area contributed by atoms with E-state index in [1.165, 1.54) is 36.3 Å². The molecule has 214 valence electrons. The standard InChI is InChI=1S/C27H38N4O7S/c1-17(2)28-27(34)30(5)15-25-18(3)14-31(19(4)16-32)26(33)23-13-20(7-12-24(23)38-25)29-39(35,36)22-10-8-21(37-6)9-11-22/h7-13,17-19,25,29,32H,14-16H2,1-6H3,(H,28,34). The zero-order valence-electron chi connectivity index (χ0n) is 23.2. The second-order valence-corrected chi connectivity index (χ2v) is 11.8. The average Bonchev–Trinajstić information content (AvgIpc) is 2.89. The first-order chi connectivity index (χ1) is 18.4. The van der Waals surface area contributed by atoms with Gasteiger partial charge in [0.1, 0.15) is 17.6 Å². The lowest BCUT2D eigenvalue weighted by atomic mass is 9.99. The monoisotopic (exact) mass is 562 g/mol.